The third-order valence-electron chi connectivity index (χ3n) is 3.83. The van der Waals surface area contributed by atoms with Crippen LogP contribution in [0.15, 0.2) is 48.5 Å². The number of carbonyl (C=O) groups is 2. The number of rotatable bonds is 6. The largest absolute Gasteiger partial charge is 0.416 e. The zero-order chi connectivity index (χ0) is 19.4. The van der Waals surface area contributed by atoms with Crippen LogP contribution in [0.5, 0.6) is 5.75 Å². The van der Waals surface area contributed by atoms with Gasteiger partial charge in [-0.3, -0.25) is 14.9 Å². The summed E-state index contributed by atoms with van der Waals surface area (Å²) in [6, 6.07) is 9.42. The fourth-order valence-electron chi connectivity index (χ4n) is 2.27. The minimum atomic E-state index is -0.890. The Bertz CT molecular complexity index is 920. The number of nitrogens with one attached hydrogen (secondary N) is 1. The van der Waals surface area contributed by atoms with Crippen LogP contribution in [0.3, 0.4) is 0 Å². The summed E-state index contributed by atoms with van der Waals surface area (Å²) in [5, 5.41) is 13.8. The standard InChI is InChI=1S/C19H15FN2O5/c20-14-6-9-16(22(25)26)17(11-14)27-18(23)10-3-12-1-4-13(5-2-12)19(24)21-15-7-8-15/h1-6,9-11,15H,7-8H2,(H,21,24). The van der Waals surface area contributed by atoms with Crippen molar-refractivity contribution in [2.75, 3.05) is 0 Å². The van der Waals surface area contributed by atoms with Crippen molar-refractivity contribution < 1.29 is 23.6 Å². The van der Waals surface area contributed by atoms with Crippen molar-refractivity contribution in [1.29, 1.82) is 0 Å². The van der Waals surface area contributed by atoms with E-state index in [-0.39, 0.29) is 11.9 Å². The van der Waals surface area contributed by atoms with E-state index in [4.69, 9.17) is 4.74 Å². The molecule has 1 aliphatic rings. The first-order valence-electron chi connectivity index (χ1n) is 8.17. The van der Waals surface area contributed by atoms with E-state index in [9.17, 15) is 24.1 Å². The Morgan fingerprint density at radius 2 is 1.89 bits per heavy atom. The molecule has 0 spiro atoms. The van der Waals surface area contributed by atoms with Gasteiger partial charge in [0.2, 0.25) is 5.75 Å². The van der Waals surface area contributed by atoms with Gasteiger partial charge in [-0.1, -0.05) is 12.1 Å². The van der Waals surface area contributed by atoms with E-state index in [1.165, 1.54) is 6.08 Å². The third kappa shape index (κ3) is 4.97. The molecule has 1 N–H and O–H groups in total. The number of halogens is 1. The Kier molecular flexibility index (Phi) is 5.25. The van der Waals surface area contributed by atoms with E-state index in [0.29, 0.717) is 11.1 Å². The van der Waals surface area contributed by atoms with Crippen LogP contribution in [0.4, 0.5) is 10.1 Å². The van der Waals surface area contributed by atoms with Gasteiger partial charge in [-0.25, -0.2) is 9.18 Å². The number of carbonyl (C=O) groups excluding carboxylic acids is 2. The van der Waals surface area contributed by atoms with Crippen molar-refractivity contribution in [2.45, 2.75) is 18.9 Å². The normalized spacial score (nSPS) is 13.4. The fourth-order valence-corrected chi connectivity index (χ4v) is 2.27. The van der Waals surface area contributed by atoms with E-state index >= 15 is 0 Å². The monoisotopic (exact) mass is 370 g/mol. The molecule has 3 rings (SSSR count). The van der Waals surface area contributed by atoms with Crippen LogP contribution < -0.4 is 10.1 Å². The highest BCUT2D eigenvalue weighted by molar-refractivity contribution is 5.95. The molecule has 8 heteroatoms. The predicted octanol–water partition coefficient (Wildman–Crippen LogP) is 3.24. The van der Waals surface area contributed by atoms with Crippen LogP contribution in [0.2, 0.25) is 0 Å². The average Bonchev–Trinajstić information content (AvgIpc) is 3.44. The Morgan fingerprint density at radius 1 is 1.19 bits per heavy atom. The summed E-state index contributed by atoms with van der Waals surface area (Å²) in [6.45, 7) is 0. The number of amides is 1. The van der Waals surface area contributed by atoms with Crippen molar-refractivity contribution >= 4 is 23.6 Å². The molecule has 0 radical (unpaired) electrons. The lowest BCUT2D eigenvalue weighted by atomic mass is 10.1. The highest BCUT2D eigenvalue weighted by Crippen LogP contribution is 2.27. The SMILES string of the molecule is O=C(C=Cc1ccc(C(=O)NC2CC2)cc1)Oc1cc(F)ccc1[N+](=O)[O-]. The Balaban J connectivity index is 1.64. The summed E-state index contributed by atoms with van der Waals surface area (Å²) in [6.07, 6.45) is 4.49. The van der Waals surface area contributed by atoms with Crippen LogP contribution >= 0.6 is 0 Å². The lowest BCUT2D eigenvalue weighted by molar-refractivity contribution is -0.385. The quantitative estimate of drug-likeness (QED) is 0.277. The molecule has 0 bridgehead atoms. The van der Waals surface area contributed by atoms with Crippen molar-refractivity contribution in [3.63, 3.8) is 0 Å². The van der Waals surface area contributed by atoms with Crippen molar-refractivity contribution in [3.05, 3.63) is 75.6 Å². The molecular weight excluding hydrogens is 355 g/mol. The molecule has 0 unspecified atom stereocenters. The number of benzene rings is 2. The van der Waals surface area contributed by atoms with Gasteiger partial charge >= 0.3 is 11.7 Å². The van der Waals surface area contributed by atoms with Crippen LogP contribution in [0, 0.1) is 15.9 Å². The number of esters is 1. The first-order valence-corrected chi connectivity index (χ1v) is 8.17. The van der Waals surface area contributed by atoms with E-state index in [2.05, 4.69) is 5.32 Å². The van der Waals surface area contributed by atoms with Gasteiger partial charge in [0.05, 0.1) is 4.92 Å². The summed E-state index contributed by atoms with van der Waals surface area (Å²) >= 11 is 0. The zero-order valence-electron chi connectivity index (χ0n) is 14.1. The number of nitro groups is 1. The zero-order valence-corrected chi connectivity index (χ0v) is 14.1. The second-order valence-corrected chi connectivity index (χ2v) is 5.99. The molecule has 0 aliphatic heterocycles. The number of nitrogens with zero attached hydrogens (tertiary/aromatic N) is 1. The molecule has 0 atom stereocenters. The van der Waals surface area contributed by atoms with Crippen molar-refractivity contribution in [2.24, 2.45) is 0 Å². The molecule has 1 aliphatic carbocycles. The lowest BCUT2D eigenvalue weighted by Crippen LogP contribution is -2.25. The van der Waals surface area contributed by atoms with Gasteiger partial charge in [-0.05, 0) is 42.7 Å². The molecule has 1 amide bonds. The van der Waals surface area contributed by atoms with Gasteiger partial charge < -0.3 is 10.1 Å². The van der Waals surface area contributed by atoms with Gasteiger partial charge in [0, 0.05) is 29.8 Å². The Hall–Kier alpha value is -3.55. The van der Waals surface area contributed by atoms with Gasteiger partial charge in [0.25, 0.3) is 5.91 Å². The topological polar surface area (TPSA) is 98.5 Å². The number of ether oxygens (including phenoxy) is 1. The molecule has 0 saturated heterocycles. The smallest absolute Gasteiger partial charge is 0.336 e. The molecule has 27 heavy (non-hydrogen) atoms. The second kappa shape index (κ2) is 7.77. The van der Waals surface area contributed by atoms with Gasteiger partial charge in [0.1, 0.15) is 5.82 Å². The fraction of sp³-hybridized carbons (Fsp3) is 0.158. The highest BCUT2D eigenvalue weighted by Gasteiger charge is 2.23. The summed E-state index contributed by atoms with van der Waals surface area (Å²) in [4.78, 5) is 33.9. The first-order chi connectivity index (χ1) is 12.9. The molecule has 0 heterocycles. The van der Waals surface area contributed by atoms with Gasteiger partial charge in [-0.2, -0.15) is 0 Å². The summed E-state index contributed by atoms with van der Waals surface area (Å²) in [5.41, 5.74) is 0.629. The van der Waals surface area contributed by atoms with Crippen LogP contribution in [-0.2, 0) is 4.79 Å². The minimum absolute atomic E-state index is 0.147. The Morgan fingerprint density at radius 3 is 2.52 bits per heavy atom. The number of hydrogen-bond acceptors (Lipinski definition) is 5. The maximum Gasteiger partial charge on any atom is 0.336 e. The van der Waals surface area contributed by atoms with Crippen LogP contribution in [0.1, 0.15) is 28.8 Å². The molecule has 2 aromatic rings. The molecular formula is C19H15FN2O5. The summed E-state index contributed by atoms with van der Waals surface area (Å²) in [5.74, 6) is -2.26. The molecule has 2 aromatic carbocycles. The Labute approximate surface area is 153 Å². The summed E-state index contributed by atoms with van der Waals surface area (Å²) in [7, 11) is 0. The maximum absolute atomic E-state index is 13.2. The van der Waals surface area contributed by atoms with E-state index < -0.39 is 28.1 Å². The van der Waals surface area contributed by atoms with Gasteiger partial charge in [0.15, 0.2) is 0 Å². The molecule has 7 nitrogen and oxygen atoms in total. The summed E-state index contributed by atoms with van der Waals surface area (Å²) < 4.78 is 18.1. The first kappa shape index (κ1) is 18.2. The van der Waals surface area contributed by atoms with Crippen molar-refractivity contribution in [3.8, 4) is 5.75 Å². The number of hydrogen-bond donors (Lipinski definition) is 1. The second-order valence-electron chi connectivity index (χ2n) is 5.99. The highest BCUT2D eigenvalue weighted by atomic mass is 19.1. The van der Waals surface area contributed by atoms with E-state index in [0.717, 1.165) is 37.1 Å². The lowest BCUT2D eigenvalue weighted by Gasteiger charge is -2.04. The molecule has 138 valence electrons. The molecule has 1 saturated carbocycles. The average molecular weight is 370 g/mol. The van der Waals surface area contributed by atoms with Gasteiger partial charge in [-0.15, -0.1) is 0 Å². The molecule has 0 aromatic heterocycles. The van der Waals surface area contributed by atoms with Crippen LogP contribution in [0.25, 0.3) is 6.08 Å². The van der Waals surface area contributed by atoms with E-state index in [1.54, 1.807) is 24.3 Å². The predicted molar refractivity (Wildman–Crippen MR) is 94.7 cm³/mol. The molecule has 1 fully saturated rings. The number of nitro benzene ring substituents is 1. The van der Waals surface area contributed by atoms with Crippen LogP contribution in [-0.4, -0.2) is 22.8 Å². The van der Waals surface area contributed by atoms with Crippen molar-refractivity contribution in [1.82, 2.24) is 5.32 Å². The third-order valence-corrected chi connectivity index (χ3v) is 3.83. The minimum Gasteiger partial charge on any atom is -0.416 e. The van der Waals surface area contributed by atoms with E-state index in [1.807, 2.05) is 0 Å². The maximum atomic E-state index is 13.2.